The van der Waals surface area contributed by atoms with Crippen LogP contribution in [-0.2, 0) is 12.8 Å². The van der Waals surface area contributed by atoms with Gasteiger partial charge in [0.1, 0.15) is 11.6 Å². The predicted octanol–water partition coefficient (Wildman–Crippen LogP) is 1.66. The van der Waals surface area contributed by atoms with E-state index in [9.17, 15) is 0 Å². The molecule has 1 heterocycles. The highest BCUT2D eigenvalue weighted by Gasteiger charge is 2.04. The minimum atomic E-state index is 0.722. The molecule has 0 saturated carbocycles. The molecule has 0 bridgehead atoms. The molecule has 0 unspecified atom stereocenters. The molecule has 0 radical (unpaired) electrons. The van der Waals surface area contributed by atoms with E-state index in [2.05, 4.69) is 27.3 Å². The second-order valence-electron chi connectivity index (χ2n) is 4.32. The number of nitrogens with one attached hydrogen (secondary N) is 1. The number of ether oxygens (including phenoxy) is 1. The molecule has 0 amide bonds. The number of methoxy groups -OCH3 is 1. The van der Waals surface area contributed by atoms with E-state index in [1.54, 1.807) is 7.11 Å². The fraction of sp³-hybridized carbons (Fsp3) is 0.385. The molecule has 0 atom stereocenters. The van der Waals surface area contributed by atoms with Crippen LogP contribution >= 0.6 is 0 Å². The van der Waals surface area contributed by atoms with Gasteiger partial charge in [0.2, 0.25) is 5.95 Å². The minimum absolute atomic E-state index is 0.722. The lowest BCUT2D eigenvalue weighted by Crippen LogP contribution is -2.10. The molecular formula is C13H18N4O. The summed E-state index contributed by atoms with van der Waals surface area (Å²) in [6.07, 6.45) is 1.79. The van der Waals surface area contributed by atoms with Gasteiger partial charge >= 0.3 is 0 Å². The Morgan fingerprint density at radius 2 is 1.89 bits per heavy atom. The van der Waals surface area contributed by atoms with Gasteiger partial charge < -0.3 is 9.64 Å². The average molecular weight is 246 g/mol. The van der Waals surface area contributed by atoms with Crippen LogP contribution < -0.4 is 9.64 Å². The molecule has 18 heavy (non-hydrogen) atoms. The molecule has 2 rings (SSSR count). The molecule has 5 heteroatoms. The molecule has 1 N–H and O–H groups in total. The predicted molar refractivity (Wildman–Crippen MR) is 71.1 cm³/mol. The summed E-state index contributed by atoms with van der Waals surface area (Å²) in [7, 11) is 5.53. The summed E-state index contributed by atoms with van der Waals surface area (Å²) in [4.78, 5) is 6.28. The zero-order valence-corrected chi connectivity index (χ0v) is 11.0. The maximum absolute atomic E-state index is 5.13. The number of aromatic amines is 1. The van der Waals surface area contributed by atoms with Crippen molar-refractivity contribution >= 4 is 5.95 Å². The van der Waals surface area contributed by atoms with Gasteiger partial charge in [-0.25, -0.2) is 0 Å². The van der Waals surface area contributed by atoms with Crippen molar-refractivity contribution in [3.63, 3.8) is 0 Å². The van der Waals surface area contributed by atoms with Crippen molar-refractivity contribution in [2.75, 3.05) is 26.1 Å². The summed E-state index contributed by atoms with van der Waals surface area (Å²) in [6.45, 7) is 0. The molecule has 96 valence electrons. The summed E-state index contributed by atoms with van der Waals surface area (Å²) in [5.74, 6) is 2.52. The first-order chi connectivity index (χ1) is 8.69. The van der Waals surface area contributed by atoms with E-state index in [4.69, 9.17) is 4.74 Å². The highest BCUT2D eigenvalue weighted by molar-refractivity contribution is 5.28. The largest absolute Gasteiger partial charge is 0.497 e. The van der Waals surface area contributed by atoms with E-state index in [1.165, 1.54) is 5.56 Å². The van der Waals surface area contributed by atoms with Crippen molar-refractivity contribution in [3.8, 4) is 5.75 Å². The Morgan fingerprint density at radius 3 is 2.44 bits per heavy atom. The van der Waals surface area contributed by atoms with Gasteiger partial charge in [-0.15, -0.1) is 5.10 Å². The van der Waals surface area contributed by atoms with Gasteiger partial charge in [0.25, 0.3) is 0 Å². The fourth-order valence-corrected chi connectivity index (χ4v) is 1.65. The average Bonchev–Trinajstić information content (AvgIpc) is 2.86. The Hall–Kier alpha value is -2.04. The summed E-state index contributed by atoms with van der Waals surface area (Å²) < 4.78 is 5.13. The van der Waals surface area contributed by atoms with Crippen LogP contribution in [0, 0.1) is 0 Å². The van der Waals surface area contributed by atoms with Gasteiger partial charge in [-0.1, -0.05) is 12.1 Å². The molecule has 1 aromatic heterocycles. The third-order valence-corrected chi connectivity index (χ3v) is 2.73. The number of hydrogen-bond donors (Lipinski definition) is 1. The fourth-order valence-electron chi connectivity index (χ4n) is 1.65. The van der Waals surface area contributed by atoms with Crippen LogP contribution in [0.25, 0.3) is 0 Å². The molecule has 0 aliphatic rings. The summed E-state index contributed by atoms with van der Waals surface area (Å²) >= 11 is 0. The van der Waals surface area contributed by atoms with E-state index in [-0.39, 0.29) is 0 Å². The Kier molecular flexibility index (Phi) is 3.82. The van der Waals surface area contributed by atoms with Gasteiger partial charge in [0.05, 0.1) is 7.11 Å². The lowest BCUT2D eigenvalue weighted by molar-refractivity contribution is 0.414. The molecule has 1 aromatic carbocycles. The Labute approximate surface area is 107 Å². The number of H-pyrrole nitrogens is 1. The Balaban J connectivity index is 1.93. The number of aromatic nitrogens is 3. The van der Waals surface area contributed by atoms with Crippen molar-refractivity contribution in [2.45, 2.75) is 12.8 Å². The van der Waals surface area contributed by atoms with E-state index < -0.39 is 0 Å². The number of nitrogens with zero attached hydrogens (tertiary/aromatic N) is 3. The van der Waals surface area contributed by atoms with E-state index in [0.717, 1.165) is 30.4 Å². The Bertz CT molecular complexity index is 490. The van der Waals surface area contributed by atoms with Gasteiger partial charge in [-0.2, -0.15) is 4.98 Å². The lowest BCUT2D eigenvalue weighted by Gasteiger charge is -2.04. The van der Waals surface area contributed by atoms with Crippen molar-refractivity contribution in [1.29, 1.82) is 0 Å². The monoisotopic (exact) mass is 246 g/mol. The van der Waals surface area contributed by atoms with Crippen molar-refractivity contribution in [1.82, 2.24) is 15.2 Å². The number of aryl methyl sites for hydroxylation is 2. The quantitative estimate of drug-likeness (QED) is 0.871. The smallest absolute Gasteiger partial charge is 0.244 e. The second-order valence-corrected chi connectivity index (χ2v) is 4.32. The highest BCUT2D eigenvalue weighted by Crippen LogP contribution is 2.13. The summed E-state index contributed by atoms with van der Waals surface area (Å²) in [6, 6.07) is 8.09. The summed E-state index contributed by atoms with van der Waals surface area (Å²) in [5, 5.41) is 7.08. The van der Waals surface area contributed by atoms with Crippen molar-refractivity contribution in [3.05, 3.63) is 35.7 Å². The van der Waals surface area contributed by atoms with Crippen molar-refractivity contribution < 1.29 is 4.74 Å². The maximum atomic E-state index is 5.13. The third-order valence-electron chi connectivity index (χ3n) is 2.73. The van der Waals surface area contributed by atoms with Gasteiger partial charge in [-0.05, 0) is 24.1 Å². The van der Waals surface area contributed by atoms with Crippen LogP contribution in [0.2, 0.25) is 0 Å². The van der Waals surface area contributed by atoms with Crippen molar-refractivity contribution in [2.24, 2.45) is 0 Å². The first-order valence-corrected chi connectivity index (χ1v) is 5.90. The molecule has 0 saturated heterocycles. The first-order valence-electron chi connectivity index (χ1n) is 5.90. The number of rotatable bonds is 5. The maximum Gasteiger partial charge on any atom is 0.244 e. The second kappa shape index (κ2) is 5.53. The number of anilines is 1. The van der Waals surface area contributed by atoms with Crippen LogP contribution in [0.15, 0.2) is 24.3 Å². The van der Waals surface area contributed by atoms with E-state index in [1.807, 2.05) is 31.1 Å². The molecule has 0 aliphatic heterocycles. The minimum Gasteiger partial charge on any atom is -0.497 e. The van der Waals surface area contributed by atoms with Gasteiger partial charge in [0.15, 0.2) is 0 Å². The van der Waals surface area contributed by atoms with Crippen LogP contribution in [0.5, 0.6) is 5.75 Å². The van der Waals surface area contributed by atoms with E-state index in [0.29, 0.717) is 0 Å². The number of benzene rings is 1. The summed E-state index contributed by atoms with van der Waals surface area (Å²) in [5.41, 5.74) is 1.26. The van der Waals surface area contributed by atoms with E-state index >= 15 is 0 Å². The van der Waals surface area contributed by atoms with Gasteiger partial charge in [0, 0.05) is 20.5 Å². The molecule has 0 fully saturated rings. The number of hydrogen-bond acceptors (Lipinski definition) is 4. The zero-order valence-electron chi connectivity index (χ0n) is 11.0. The Morgan fingerprint density at radius 1 is 1.17 bits per heavy atom. The third kappa shape index (κ3) is 3.00. The topological polar surface area (TPSA) is 54.0 Å². The van der Waals surface area contributed by atoms with Crippen LogP contribution in [0.4, 0.5) is 5.95 Å². The molecular weight excluding hydrogens is 228 g/mol. The first kappa shape index (κ1) is 12.4. The van der Waals surface area contributed by atoms with Gasteiger partial charge in [-0.3, -0.25) is 5.10 Å². The lowest BCUT2D eigenvalue weighted by atomic mass is 10.1. The molecule has 0 spiro atoms. The normalized spacial score (nSPS) is 10.4. The highest BCUT2D eigenvalue weighted by atomic mass is 16.5. The standard InChI is InChI=1S/C13H18N4O/c1-17(2)13-14-12(15-16-13)9-6-10-4-7-11(18-3)8-5-10/h4-5,7-8H,6,9H2,1-3H3,(H,14,15,16). The van der Waals surface area contributed by atoms with Crippen LogP contribution in [0.3, 0.4) is 0 Å². The SMILES string of the molecule is COc1ccc(CCc2nc(N(C)C)n[nH]2)cc1. The molecule has 2 aromatic rings. The van der Waals surface area contributed by atoms with Crippen LogP contribution in [0.1, 0.15) is 11.4 Å². The molecule has 0 aliphatic carbocycles. The molecule has 5 nitrogen and oxygen atoms in total. The van der Waals surface area contributed by atoms with Crippen LogP contribution in [-0.4, -0.2) is 36.4 Å². The zero-order chi connectivity index (χ0) is 13.0.